The van der Waals surface area contributed by atoms with E-state index in [1.807, 2.05) is 0 Å². The molecule has 0 saturated carbocycles. The number of aromatic nitrogens is 2. The maximum Gasteiger partial charge on any atom is 0.356 e. The average molecular weight is 250 g/mol. The molecular weight excluding hydrogens is 232 g/mol. The first-order valence-corrected chi connectivity index (χ1v) is 6.13. The zero-order valence-corrected chi connectivity index (χ0v) is 10.5. The number of nitrogens with one attached hydrogen (secondary N) is 1. The molecule has 0 aromatic carbocycles. The van der Waals surface area contributed by atoms with Crippen molar-refractivity contribution in [2.24, 2.45) is 5.92 Å². The van der Waals surface area contributed by atoms with Crippen LogP contribution >= 0.6 is 0 Å². The summed E-state index contributed by atoms with van der Waals surface area (Å²) in [7, 11) is 2.14. The molecule has 98 valence electrons. The fraction of sp³-hybridized carbons (Fsp3) is 0.583. The third kappa shape index (κ3) is 3.40. The number of carboxylic acid groups (broad SMARTS) is 1. The van der Waals surface area contributed by atoms with E-state index in [2.05, 4.69) is 27.2 Å². The minimum Gasteiger partial charge on any atom is -0.476 e. The van der Waals surface area contributed by atoms with Crippen molar-refractivity contribution in [2.75, 3.05) is 32.0 Å². The van der Waals surface area contributed by atoms with E-state index in [9.17, 15) is 4.79 Å². The number of aromatic carboxylic acids is 1. The van der Waals surface area contributed by atoms with Crippen LogP contribution in [0.25, 0.3) is 0 Å². The first-order valence-electron chi connectivity index (χ1n) is 6.13. The van der Waals surface area contributed by atoms with Crippen LogP contribution in [0.5, 0.6) is 0 Å². The molecular formula is C12H18N4O2. The predicted molar refractivity (Wildman–Crippen MR) is 67.7 cm³/mol. The number of likely N-dealkylation sites (tertiary alicyclic amines) is 1. The molecule has 0 radical (unpaired) electrons. The summed E-state index contributed by atoms with van der Waals surface area (Å²) in [4.78, 5) is 20.8. The number of anilines is 1. The summed E-state index contributed by atoms with van der Waals surface area (Å²) in [6, 6.07) is 0. The van der Waals surface area contributed by atoms with Gasteiger partial charge in [0.25, 0.3) is 0 Å². The Morgan fingerprint density at radius 3 is 2.72 bits per heavy atom. The van der Waals surface area contributed by atoms with E-state index < -0.39 is 5.97 Å². The Morgan fingerprint density at radius 2 is 2.17 bits per heavy atom. The molecule has 0 spiro atoms. The summed E-state index contributed by atoms with van der Waals surface area (Å²) in [5.74, 6) is 0.241. The van der Waals surface area contributed by atoms with E-state index in [1.165, 1.54) is 25.2 Å². The maximum atomic E-state index is 10.6. The number of carboxylic acids is 1. The number of hydrogen-bond donors (Lipinski definition) is 2. The van der Waals surface area contributed by atoms with Gasteiger partial charge in [0.1, 0.15) is 5.82 Å². The topological polar surface area (TPSA) is 78.4 Å². The Morgan fingerprint density at radius 1 is 1.44 bits per heavy atom. The van der Waals surface area contributed by atoms with Crippen molar-refractivity contribution in [2.45, 2.75) is 12.8 Å². The Kier molecular flexibility index (Phi) is 4.09. The van der Waals surface area contributed by atoms with Crippen molar-refractivity contribution in [3.63, 3.8) is 0 Å². The number of carbonyl (C=O) groups is 1. The number of hydrogen-bond acceptors (Lipinski definition) is 5. The third-order valence-electron chi connectivity index (χ3n) is 3.28. The van der Waals surface area contributed by atoms with Crippen LogP contribution in [-0.4, -0.2) is 52.6 Å². The molecule has 2 rings (SSSR count). The van der Waals surface area contributed by atoms with Crippen LogP contribution in [0.15, 0.2) is 12.4 Å². The molecule has 2 N–H and O–H groups in total. The molecule has 0 unspecified atom stereocenters. The Labute approximate surface area is 106 Å². The van der Waals surface area contributed by atoms with Crippen LogP contribution < -0.4 is 5.32 Å². The summed E-state index contributed by atoms with van der Waals surface area (Å²) in [6.07, 6.45) is 5.12. The van der Waals surface area contributed by atoms with Gasteiger partial charge in [-0.25, -0.2) is 14.8 Å². The molecule has 1 aliphatic rings. The normalized spacial score (nSPS) is 17.6. The van der Waals surface area contributed by atoms with Crippen LogP contribution in [0.4, 0.5) is 5.82 Å². The second-order valence-corrected chi connectivity index (χ2v) is 4.72. The van der Waals surface area contributed by atoms with Crippen LogP contribution in [0, 0.1) is 5.92 Å². The molecule has 1 fully saturated rings. The summed E-state index contributed by atoms with van der Waals surface area (Å²) < 4.78 is 0. The standard InChI is InChI=1S/C12H18N4O2/c1-16-4-2-9(3-5-16)6-14-11-8-13-10(7-15-11)12(17)18/h7-9H,2-6H2,1H3,(H,14,15)(H,17,18). The maximum absolute atomic E-state index is 10.6. The second kappa shape index (κ2) is 5.77. The number of nitrogens with zero attached hydrogens (tertiary/aromatic N) is 3. The fourth-order valence-corrected chi connectivity index (χ4v) is 2.04. The molecule has 0 atom stereocenters. The number of rotatable bonds is 4. The van der Waals surface area contributed by atoms with Crippen LogP contribution in [-0.2, 0) is 0 Å². The van der Waals surface area contributed by atoms with E-state index in [0.717, 1.165) is 19.6 Å². The van der Waals surface area contributed by atoms with Crippen molar-refractivity contribution in [3.8, 4) is 0 Å². The molecule has 1 aromatic rings. The summed E-state index contributed by atoms with van der Waals surface area (Å²) in [6.45, 7) is 3.14. The van der Waals surface area contributed by atoms with E-state index in [1.54, 1.807) is 0 Å². The lowest BCUT2D eigenvalue weighted by atomic mass is 9.97. The lowest BCUT2D eigenvalue weighted by Crippen LogP contribution is -2.33. The van der Waals surface area contributed by atoms with E-state index in [-0.39, 0.29) is 5.69 Å². The quantitative estimate of drug-likeness (QED) is 0.827. The van der Waals surface area contributed by atoms with Gasteiger partial charge in [-0.2, -0.15) is 0 Å². The molecule has 1 aromatic heterocycles. The minimum atomic E-state index is -1.05. The number of piperidine rings is 1. The molecule has 6 heteroatoms. The van der Waals surface area contributed by atoms with Crippen molar-refractivity contribution in [1.82, 2.24) is 14.9 Å². The van der Waals surface area contributed by atoms with Gasteiger partial charge >= 0.3 is 5.97 Å². The molecule has 0 amide bonds. The second-order valence-electron chi connectivity index (χ2n) is 4.72. The smallest absolute Gasteiger partial charge is 0.356 e. The van der Waals surface area contributed by atoms with Crippen molar-refractivity contribution < 1.29 is 9.90 Å². The monoisotopic (exact) mass is 250 g/mol. The fourth-order valence-electron chi connectivity index (χ4n) is 2.04. The SMILES string of the molecule is CN1CCC(CNc2cnc(C(=O)O)cn2)CC1. The first kappa shape index (κ1) is 12.8. The van der Waals surface area contributed by atoms with Gasteiger partial charge in [0.15, 0.2) is 5.69 Å². The van der Waals surface area contributed by atoms with Gasteiger partial charge in [-0.15, -0.1) is 0 Å². The van der Waals surface area contributed by atoms with Crippen LogP contribution in [0.1, 0.15) is 23.3 Å². The largest absolute Gasteiger partial charge is 0.476 e. The van der Waals surface area contributed by atoms with Crippen LogP contribution in [0.3, 0.4) is 0 Å². The molecule has 6 nitrogen and oxygen atoms in total. The molecule has 0 aliphatic carbocycles. The van der Waals surface area contributed by atoms with Gasteiger partial charge in [-0.1, -0.05) is 0 Å². The minimum absolute atomic E-state index is 0.0279. The van der Waals surface area contributed by atoms with Crippen LogP contribution in [0.2, 0.25) is 0 Å². The third-order valence-corrected chi connectivity index (χ3v) is 3.28. The van der Waals surface area contributed by atoms with E-state index in [4.69, 9.17) is 5.11 Å². The highest BCUT2D eigenvalue weighted by Gasteiger charge is 2.16. The predicted octanol–water partition coefficient (Wildman–Crippen LogP) is 0.928. The molecule has 2 heterocycles. The molecule has 0 bridgehead atoms. The summed E-state index contributed by atoms with van der Waals surface area (Å²) in [5, 5.41) is 11.9. The van der Waals surface area contributed by atoms with Gasteiger partial charge in [0, 0.05) is 6.54 Å². The van der Waals surface area contributed by atoms with Gasteiger partial charge < -0.3 is 15.3 Å². The first-order chi connectivity index (χ1) is 8.65. The van der Waals surface area contributed by atoms with Crippen molar-refractivity contribution in [3.05, 3.63) is 18.1 Å². The van der Waals surface area contributed by atoms with Crippen molar-refractivity contribution in [1.29, 1.82) is 0 Å². The molecule has 1 saturated heterocycles. The zero-order chi connectivity index (χ0) is 13.0. The van der Waals surface area contributed by atoms with Gasteiger partial charge in [-0.05, 0) is 38.9 Å². The van der Waals surface area contributed by atoms with Gasteiger partial charge in [0.2, 0.25) is 0 Å². The van der Waals surface area contributed by atoms with Gasteiger partial charge in [0.05, 0.1) is 12.4 Å². The van der Waals surface area contributed by atoms with E-state index in [0.29, 0.717) is 11.7 Å². The lowest BCUT2D eigenvalue weighted by Gasteiger charge is -2.29. The zero-order valence-electron chi connectivity index (χ0n) is 10.5. The summed E-state index contributed by atoms with van der Waals surface area (Å²) in [5.41, 5.74) is -0.0279. The van der Waals surface area contributed by atoms with Gasteiger partial charge in [-0.3, -0.25) is 0 Å². The Bertz CT molecular complexity index is 399. The molecule has 18 heavy (non-hydrogen) atoms. The Balaban J connectivity index is 1.81. The molecule has 1 aliphatic heterocycles. The average Bonchev–Trinajstić information content (AvgIpc) is 2.38. The highest BCUT2D eigenvalue weighted by molar-refractivity contribution is 5.84. The highest BCUT2D eigenvalue weighted by Crippen LogP contribution is 2.16. The summed E-state index contributed by atoms with van der Waals surface area (Å²) >= 11 is 0. The lowest BCUT2D eigenvalue weighted by molar-refractivity contribution is 0.0690. The highest BCUT2D eigenvalue weighted by atomic mass is 16.4. The van der Waals surface area contributed by atoms with Crippen molar-refractivity contribution >= 4 is 11.8 Å². The Hall–Kier alpha value is -1.69. The van der Waals surface area contributed by atoms with E-state index >= 15 is 0 Å².